The largest absolute Gasteiger partial charge is 0.480 e. The number of carboxylic acids is 1. The Morgan fingerprint density at radius 2 is 2.31 bits per heavy atom. The maximum atomic E-state index is 11.0. The summed E-state index contributed by atoms with van der Waals surface area (Å²) in [4.78, 5) is 14.9. The van der Waals surface area contributed by atoms with Crippen LogP contribution in [0.15, 0.2) is 18.5 Å². The van der Waals surface area contributed by atoms with E-state index in [1.54, 1.807) is 12.3 Å². The van der Waals surface area contributed by atoms with E-state index < -0.39 is 12.0 Å². The average molecular weight is 243 g/mol. The van der Waals surface area contributed by atoms with Gasteiger partial charge in [-0.2, -0.15) is 0 Å². The Balaban J connectivity index is 2.76. The third-order valence-electron chi connectivity index (χ3n) is 2.11. The van der Waals surface area contributed by atoms with Crippen LogP contribution in [0, 0.1) is 5.92 Å². The predicted octanol–water partition coefficient (Wildman–Crippen LogP) is 2.65. The lowest BCUT2D eigenvalue weighted by molar-refractivity contribution is -0.138. The van der Waals surface area contributed by atoms with Crippen LogP contribution in [0.2, 0.25) is 5.02 Å². The summed E-state index contributed by atoms with van der Waals surface area (Å²) in [5, 5.41) is 12.4. The fraction of sp³-hybridized carbons (Fsp3) is 0.455. The zero-order valence-electron chi connectivity index (χ0n) is 9.27. The van der Waals surface area contributed by atoms with Crippen molar-refractivity contribution in [3.8, 4) is 0 Å². The van der Waals surface area contributed by atoms with Crippen molar-refractivity contribution in [1.29, 1.82) is 0 Å². The minimum Gasteiger partial charge on any atom is -0.480 e. The molecule has 0 saturated heterocycles. The standard InChI is InChI=1S/C11H15ClN2O2/c1-7(2)5-10(11(15)16)14-9-3-4-13-6-8(9)12/h3-4,6-7,10H,5H2,1-2H3,(H,13,14)(H,15,16)/t10-/m0/s1. The smallest absolute Gasteiger partial charge is 0.326 e. The molecule has 0 aromatic carbocycles. The van der Waals surface area contributed by atoms with Gasteiger partial charge < -0.3 is 10.4 Å². The van der Waals surface area contributed by atoms with Crippen molar-refractivity contribution in [3.05, 3.63) is 23.5 Å². The Kier molecular flexibility index (Phi) is 4.55. The molecule has 0 bridgehead atoms. The van der Waals surface area contributed by atoms with Crippen molar-refractivity contribution in [2.45, 2.75) is 26.3 Å². The van der Waals surface area contributed by atoms with E-state index in [2.05, 4.69) is 10.3 Å². The molecule has 88 valence electrons. The van der Waals surface area contributed by atoms with Crippen LogP contribution in [0.1, 0.15) is 20.3 Å². The predicted molar refractivity (Wildman–Crippen MR) is 63.7 cm³/mol. The van der Waals surface area contributed by atoms with Gasteiger partial charge in [0.25, 0.3) is 0 Å². The van der Waals surface area contributed by atoms with Crippen molar-refractivity contribution in [1.82, 2.24) is 4.98 Å². The van der Waals surface area contributed by atoms with Crippen LogP contribution < -0.4 is 5.32 Å². The van der Waals surface area contributed by atoms with E-state index in [-0.39, 0.29) is 0 Å². The molecule has 0 fully saturated rings. The molecule has 1 heterocycles. The zero-order valence-corrected chi connectivity index (χ0v) is 10.0. The number of halogens is 1. The van der Waals surface area contributed by atoms with Crippen molar-refractivity contribution in [2.24, 2.45) is 5.92 Å². The highest BCUT2D eigenvalue weighted by molar-refractivity contribution is 6.33. The minimum absolute atomic E-state index is 0.300. The fourth-order valence-corrected chi connectivity index (χ4v) is 1.55. The number of carbonyl (C=O) groups is 1. The van der Waals surface area contributed by atoms with Gasteiger partial charge in [0.1, 0.15) is 6.04 Å². The lowest BCUT2D eigenvalue weighted by Gasteiger charge is -2.18. The summed E-state index contributed by atoms with van der Waals surface area (Å²) in [6.45, 7) is 3.96. The average Bonchev–Trinajstić information content (AvgIpc) is 2.19. The van der Waals surface area contributed by atoms with Crippen LogP contribution in [-0.2, 0) is 4.79 Å². The minimum atomic E-state index is -0.874. The molecule has 1 aromatic heterocycles. The first-order chi connectivity index (χ1) is 7.50. The van der Waals surface area contributed by atoms with Gasteiger partial charge in [-0.05, 0) is 18.4 Å². The van der Waals surface area contributed by atoms with Gasteiger partial charge in [-0.15, -0.1) is 0 Å². The molecule has 16 heavy (non-hydrogen) atoms. The Labute approximate surface area is 99.6 Å². The van der Waals surface area contributed by atoms with Crippen molar-refractivity contribution >= 4 is 23.3 Å². The first kappa shape index (κ1) is 12.8. The molecule has 0 radical (unpaired) electrons. The number of nitrogens with one attached hydrogen (secondary N) is 1. The normalized spacial score (nSPS) is 12.5. The number of carboxylic acid groups (broad SMARTS) is 1. The Bertz CT molecular complexity index is 369. The number of hydrogen-bond donors (Lipinski definition) is 2. The SMILES string of the molecule is CC(C)C[C@H](Nc1ccncc1Cl)C(=O)O. The van der Waals surface area contributed by atoms with E-state index >= 15 is 0 Å². The van der Waals surface area contributed by atoms with Gasteiger partial charge in [0.05, 0.1) is 10.7 Å². The van der Waals surface area contributed by atoms with Gasteiger partial charge in [-0.3, -0.25) is 4.98 Å². The number of aromatic nitrogens is 1. The summed E-state index contributed by atoms with van der Waals surface area (Å²) in [7, 11) is 0. The number of pyridine rings is 1. The molecular weight excluding hydrogens is 228 g/mol. The maximum absolute atomic E-state index is 11.0. The van der Waals surface area contributed by atoms with Crippen molar-refractivity contribution < 1.29 is 9.90 Å². The van der Waals surface area contributed by atoms with Gasteiger partial charge in [-0.1, -0.05) is 25.4 Å². The summed E-state index contributed by atoms with van der Waals surface area (Å²) in [6.07, 6.45) is 3.61. The van der Waals surface area contributed by atoms with Crippen molar-refractivity contribution in [2.75, 3.05) is 5.32 Å². The first-order valence-electron chi connectivity index (χ1n) is 5.09. The van der Waals surface area contributed by atoms with Crippen LogP contribution >= 0.6 is 11.6 Å². The van der Waals surface area contributed by atoms with Gasteiger partial charge in [0, 0.05) is 12.4 Å². The fourth-order valence-electron chi connectivity index (χ4n) is 1.37. The molecule has 0 unspecified atom stereocenters. The molecule has 0 aliphatic carbocycles. The van der Waals surface area contributed by atoms with Crippen LogP contribution in [0.5, 0.6) is 0 Å². The molecule has 0 aliphatic rings. The number of hydrogen-bond acceptors (Lipinski definition) is 3. The summed E-state index contributed by atoms with van der Waals surface area (Å²) >= 11 is 5.89. The quantitative estimate of drug-likeness (QED) is 0.833. The maximum Gasteiger partial charge on any atom is 0.326 e. The summed E-state index contributed by atoms with van der Waals surface area (Å²) in [6, 6.07) is 1.04. The second kappa shape index (κ2) is 5.70. The van der Waals surface area contributed by atoms with E-state index in [9.17, 15) is 4.79 Å². The monoisotopic (exact) mass is 242 g/mol. The zero-order chi connectivity index (χ0) is 12.1. The summed E-state index contributed by atoms with van der Waals surface area (Å²) in [5.74, 6) is -0.573. The summed E-state index contributed by atoms with van der Waals surface area (Å²) < 4.78 is 0. The van der Waals surface area contributed by atoms with E-state index in [0.29, 0.717) is 23.0 Å². The molecule has 1 atom stereocenters. The van der Waals surface area contributed by atoms with Crippen LogP contribution in [-0.4, -0.2) is 22.1 Å². The lowest BCUT2D eigenvalue weighted by Crippen LogP contribution is -2.30. The summed E-state index contributed by atoms with van der Waals surface area (Å²) in [5.41, 5.74) is 0.602. The van der Waals surface area contributed by atoms with E-state index in [0.717, 1.165) is 0 Å². The van der Waals surface area contributed by atoms with Crippen molar-refractivity contribution in [3.63, 3.8) is 0 Å². The highest BCUT2D eigenvalue weighted by Gasteiger charge is 2.19. The van der Waals surface area contributed by atoms with Gasteiger partial charge in [0.2, 0.25) is 0 Å². The number of aliphatic carboxylic acids is 1. The Morgan fingerprint density at radius 3 is 2.81 bits per heavy atom. The van der Waals surface area contributed by atoms with Crippen LogP contribution in [0.4, 0.5) is 5.69 Å². The number of anilines is 1. The Morgan fingerprint density at radius 1 is 1.62 bits per heavy atom. The Hall–Kier alpha value is -1.29. The third-order valence-corrected chi connectivity index (χ3v) is 2.41. The molecule has 2 N–H and O–H groups in total. The molecule has 0 amide bonds. The second-order valence-electron chi connectivity index (χ2n) is 4.02. The molecular formula is C11H15ClN2O2. The van der Waals surface area contributed by atoms with Gasteiger partial charge >= 0.3 is 5.97 Å². The van der Waals surface area contributed by atoms with Gasteiger partial charge in [-0.25, -0.2) is 4.79 Å². The molecule has 0 saturated carbocycles. The molecule has 4 nitrogen and oxygen atoms in total. The second-order valence-corrected chi connectivity index (χ2v) is 4.43. The molecule has 1 aromatic rings. The highest BCUT2D eigenvalue weighted by atomic mass is 35.5. The number of rotatable bonds is 5. The highest BCUT2D eigenvalue weighted by Crippen LogP contribution is 2.21. The van der Waals surface area contributed by atoms with E-state index in [4.69, 9.17) is 16.7 Å². The molecule has 0 spiro atoms. The third kappa shape index (κ3) is 3.70. The topological polar surface area (TPSA) is 62.2 Å². The van der Waals surface area contributed by atoms with Crippen LogP contribution in [0.25, 0.3) is 0 Å². The molecule has 5 heteroatoms. The van der Waals surface area contributed by atoms with Gasteiger partial charge in [0.15, 0.2) is 0 Å². The van der Waals surface area contributed by atoms with Crippen LogP contribution in [0.3, 0.4) is 0 Å². The van der Waals surface area contributed by atoms with E-state index in [1.807, 2.05) is 13.8 Å². The first-order valence-corrected chi connectivity index (χ1v) is 5.47. The number of nitrogens with zero attached hydrogens (tertiary/aromatic N) is 1. The lowest BCUT2D eigenvalue weighted by atomic mass is 10.0. The van der Waals surface area contributed by atoms with E-state index in [1.165, 1.54) is 6.20 Å². The molecule has 1 rings (SSSR count). The molecule has 0 aliphatic heterocycles.